The van der Waals surface area contributed by atoms with Gasteiger partial charge >= 0.3 is 0 Å². The summed E-state index contributed by atoms with van der Waals surface area (Å²) in [5.41, 5.74) is 4.15. The van der Waals surface area contributed by atoms with Crippen molar-refractivity contribution in [3.63, 3.8) is 0 Å². The van der Waals surface area contributed by atoms with Crippen LogP contribution in [0.2, 0.25) is 0 Å². The van der Waals surface area contributed by atoms with Crippen LogP contribution in [0.3, 0.4) is 0 Å². The molecule has 1 atom stereocenters. The van der Waals surface area contributed by atoms with Crippen LogP contribution in [0.4, 0.5) is 0 Å². The number of nitrogens with zero attached hydrogens (tertiary/aromatic N) is 1. The maximum Gasteiger partial charge on any atom is 0.261 e. The second-order valence-corrected chi connectivity index (χ2v) is 11.1. The fourth-order valence-electron chi connectivity index (χ4n) is 5.00. The highest BCUT2D eigenvalue weighted by atomic mass is 79.9. The predicted octanol–water partition coefficient (Wildman–Crippen LogP) is 6.53. The first-order chi connectivity index (χ1) is 18.4. The van der Waals surface area contributed by atoms with Crippen molar-refractivity contribution in [2.45, 2.75) is 71.0 Å². The van der Waals surface area contributed by atoms with Gasteiger partial charge in [-0.05, 0) is 67.1 Å². The highest BCUT2D eigenvalue weighted by Crippen LogP contribution is 2.23. The maximum absolute atomic E-state index is 13.8. The number of amides is 2. The molecule has 6 heteroatoms. The third-order valence-corrected chi connectivity index (χ3v) is 8.21. The first kappa shape index (κ1) is 27.9. The molecule has 0 aliphatic heterocycles. The van der Waals surface area contributed by atoms with Crippen LogP contribution in [-0.4, -0.2) is 35.4 Å². The van der Waals surface area contributed by atoms with Crippen LogP contribution >= 0.6 is 15.9 Å². The number of carbonyl (C=O) groups is 2. The van der Waals surface area contributed by atoms with Crippen LogP contribution in [0.1, 0.15) is 54.4 Å². The standard InChI is InChI=1S/C32H37BrN2O3/c1-23-11-9-10-14-26(23)21-35(31(36)22-38-28-17-18-29(33)24(2)19-28)30(20-25-12-5-3-6-13-25)32(37)34-27-15-7-4-8-16-27/h3,5-6,9-14,17-19,27,30H,4,7-8,15-16,20-22H2,1-2H3,(H,34,37). The molecule has 200 valence electrons. The fraction of sp³-hybridized carbons (Fsp3) is 0.375. The number of nitrogens with one attached hydrogen (secondary N) is 1. The van der Waals surface area contributed by atoms with E-state index in [0.717, 1.165) is 52.4 Å². The van der Waals surface area contributed by atoms with Gasteiger partial charge in [0, 0.05) is 23.5 Å². The molecular weight excluding hydrogens is 540 g/mol. The van der Waals surface area contributed by atoms with Gasteiger partial charge in [0.1, 0.15) is 11.8 Å². The summed E-state index contributed by atoms with van der Waals surface area (Å²) >= 11 is 3.51. The predicted molar refractivity (Wildman–Crippen MR) is 155 cm³/mol. The van der Waals surface area contributed by atoms with Gasteiger partial charge in [0.25, 0.3) is 5.91 Å². The van der Waals surface area contributed by atoms with Gasteiger partial charge in [-0.1, -0.05) is 89.8 Å². The highest BCUT2D eigenvalue weighted by molar-refractivity contribution is 9.10. The number of aryl methyl sites for hydroxylation is 2. The Morgan fingerprint density at radius 2 is 1.66 bits per heavy atom. The minimum absolute atomic E-state index is 0.0952. The second kappa shape index (κ2) is 13.6. The van der Waals surface area contributed by atoms with Crippen molar-refractivity contribution in [3.05, 3.63) is 99.5 Å². The van der Waals surface area contributed by atoms with Gasteiger partial charge < -0.3 is 15.0 Å². The average Bonchev–Trinajstić information content (AvgIpc) is 2.93. The molecule has 5 nitrogen and oxygen atoms in total. The van der Waals surface area contributed by atoms with E-state index in [1.807, 2.05) is 86.6 Å². The Morgan fingerprint density at radius 1 is 0.947 bits per heavy atom. The maximum atomic E-state index is 13.8. The molecule has 1 saturated carbocycles. The lowest BCUT2D eigenvalue weighted by atomic mass is 9.94. The van der Waals surface area contributed by atoms with Gasteiger partial charge in [-0.25, -0.2) is 0 Å². The van der Waals surface area contributed by atoms with Crippen LogP contribution in [0.25, 0.3) is 0 Å². The number of hydrogen-bond acceptors (Lipinski definition) is 3. The number of carbonyl (C=O) groups excluding carboxylic acids is 2. The number of ether oxygens (including phenoxy) is 1. The Morgan fingerprint density at radius 3 is 2.37 bits per heavy atom. The van der Waals surface area contributed by atoms with Gasteiger partial charge in [-0.3, -0.25) is 9.59 Å². The molecule has 3 aromatic carbocycles. The smallest absolute Gasteiger partial charge is 0.261 e. The van der Waals surface area contributed by atoms with E-state index < -0.39 is 6.04 Å². The fourth-order valence-corrected chi connectivity index (χ4v) is 5.25. The molecule has 0 radical (unpaired) electrons. The number of halogens is 1. The van der Waals surface area contributed by atoms with Gasteiger partial charge in [-0.15, -0.1) is 0 Å². The van der Waals surface area contributed by atoms with Crippen molar-refractivity contribution in [2.75, 3.05) is 6.61 Å². The molecule has 2 amide bonds. The van der Waals surface area contributed by atoms with Crippen molar-refractivity contribution in [3.8, 4) is 5.75 Å². The van der Waals surface area contributed by atoms with E-state index in [2.05, 4.69) is 21.2 Å². The minimum atomic E-state index is -0.651. The molecule has 1 fully saturated rings. The molecule has 0 spiro atoms. The molecule has 1 N–H and O–H groups in total. The summed E-state index contributed by atoms with van der Waals surface area (Å²) in [6.45, 7) is 4.21. The van der Waals surface area contributed by atoms with E-state index in [1.165, 1.54) is 6.42 Å². The van der Waals surface area contributed by atoms with Crippen LogP contribution in [-0.2, 0) is 22.6 Å². The largest absolute Gasteiger partial charge is 0.484 e. The summed E-state index contributed by atoms with van der Waals surface area (Å²) in [4.78, 5) is 29.4. The molecule has 0 saturated heterocycles. The van der Waals surface area contributed by atoms with Gasteiger partial charge in [0.05, 0.1) is 0 Å². The Balaban J connectivity index is 1.62. The van der Waals surface area contributed by atoms with E-state index in [0.29, 0.717) is 18.7 Å². The highest BCUT2D eigenvalue weighted by Gasteiger charge is 2.32. The number of benzene rings is 3. The molecule has 0 heterocycles. The molecule has 1 unspecified atom stereocenters. The molecule has 38 heavy (non-hydrogen) atoms. The van der Waals surface area contributed by atoms with E-state index in [4.69, 9.17) is 4.74 Å². The first-order valence-corrected chi connectivity index (χ1v) is 14.3. The van der Waals surface area contributed by atoms with Gasteiger partial charge in [0.15, 0.2) is 6.61 Å². The van der Waals surface area contributed by atoms with Crippen molar-refractivity contribution in [1.29, 1.82) is 0 Å². The average molecular weight is 578 g/mol. The zero-order chi connectivity index (χ0) is 26.9. The third kappa shape index (κ3) is 7.70. The normalized spacial score (nSPS) is 14.5. The Labute approximate surface area is 234 Å². The molecule has 0 bridgehead atoms. The van der Waals surface area contributed by atoms with E-state index in [9.17, 15) is 9.59 Å². The van der Waals surface area contributed by atoms with Gasteiger partial charge in [-0.2, -0.15) is 0 Å². The van der Waals surface area contributed by atoms with Crippen molar-refractivity contribution in [2.24, 2.45) is 0 Å². The summed E-state index contributed by atoms with van der Waals surface area (Å²) in [7, 11) is 0. The topological polar surface area (TPSA) is 58.6 Å². The molecular formula is C32H37BrN2O3. The third-order valence-electron chi connectivity index (χ3n) is 7.32. The van der Waals surface area contributed by atoms with Crippen LogP contribution in [0, 0.1) is 13.8 Å². The van der Waals surface area contributed by atoms with Crippen molar-refractivity contribution >= 4 is 27.7 Å². The van der Waals surface area contributed by atoms with Crippen LogP contribution in [0.5, 0.6) is 5.75 Å². The summed E-state index contributed by atoms with van der Waals surface area (Å²) in [5.74, 6) is 0.317. The lowest BCUT2D eigenvalue weighted by Gasteiger charge is -2.33. The summed E-state index contributed by atoms with van der Waals surface area (Å²) in [6.07, 6.45) is 5.88. The zero-order valence-electron chi connectivity index (χ0n) is 22.3. The Bertz CT molecular complexity index is 1220. The first-order valence-electron chi connectivity index (χ1n) is 13.5. The van der Waals surface area contributed by atoms with Gasteiger partial charge in [0.2, 0.25) is 5.91 Å². The minimum Gasteiger partial charge on any atom is -0.484 e. The molecule has 1 aliphatic carbocycles. The molecule has 1 aliphatic rings. The number of rotatable bonds is 10. The monoisotopic (exact) mass is 576 g/mol. The Kier molecular flexibility index (Phi) is 9.99. The molecule has 4 rings (SSSR count). The van der Waals surface area contributed by atoms with Crippen LogP contribution in [0.15, 0.2) is 77.3 Å². The quantitative estimate of drug-likeness (QED) is 0.298. The lowest BCUT2D eigenvalue weighted by Crippen LogP contribution is -2.53. The number of hydrogen-bond donors (Lipinski definition) is 1. The lowest BCUT2D eigenvalue weighted by molar-refractivity contribution is -0.143. The molecule has 0 aromatic heterocycles. The zero-order valence-corrected chi connectivity index (χ0v) is 23.9. The molecule has 3 aromatic rings. The summed E-state index contributed by atoms with van der Waals surface area (Å²) in [5, 5.41) is 3.28. The SMILES string of the molecule is Cc1cc(OCC(=O)N(Cc2ccccc2C)C(Cc2ccccc2)C(=O)NC2CCCCC2)ccc1Br. The second-order valence-electron chi connectivity index (χ2n) is 10.2. The summed E-state index contributed by atoms with van der Waals surface area (Å²) < 4.78 is 6.92. The van der Waals surface area contributed by atoms with Crippen LogP contribution < -0.4 is 10.1 Å². The van der Waals surface area contributed by atoms with E-state index in [1.54, 1.807) is 4.90 Å². The Hall–Kier alpha value is -3.12. The van der Waals surface area contributed by atoms with E-state index in [-0.39, 0.29) is 24.5 Å². The summed E-state index contributed by atoms with van der Waals surface area (Å²) in [6, 6.07) is 23.1. The van der Waals surface area contributed by atoms with Crippen molar-refractivity contribution in [1.82, 2.24) is 10.2 Å². The van der Waals surface area contributed by atoms with E-state index >= 15 is 0 Å². The van der Waals surface area contributed by atoms with Crippen molar-refractivity contribution < 1.29 is 14.3 Å².